The normalized spacial score (nSPS) is 27.3. The van der Waals surface area contributed by atoms with E-state index in [4.69, 9.17) is 0 Å². The molecule has 1 heterocycles. The largest absolute Gasteiger partial charge is 0.325 e. The van der Waals surface area contributed by atoms with Crippen molar-refractivity contribution >= 4 is 17.6 Å². The molecule has 0 unspecified atom stereocenters. The summed E-state index contributed by atoms with van der Waals surface area (Å²) in [5.74, 6) is -0.107. The topological polar surface area (TPSA) is 92.6 Å². The van der Waals surface area contributed by atoms with Crippen LogP contribution in [0.4, 0.5) is 10.5 Å². The zero-order chi connectivity index (χ0) is 16.6. The molecule has 1 aromatic rings. The molecule has 1 aliphatic heterocycles. The number of carbonyl (C=O) groups is 2. The molecular formula is C16H19N3O4. The molecule has 0 aromatic heterocycles. The van der Waals surface area contributed by atoms with E-state index in [1.165, 1.54) is 17.0 Å². The molecule has 1 aromatic carbocycles. The van der Waals surface area contributed by atoms with Gasteiger partial charge in [-0.15, -0.1) is 0 Å². The first-order chi connectivity index (χ1) is 10.9. The Bertz CT molecular complexity index is 675. The lowest BCUT2D eigenvalue weighted by molar-refractivity contribution is -0.384. The lowest BCUT2D eigenvalue weighted by Gasteiger charge is -2.36. The summed E-state index contributed by atoms with van der Waals surface area (Å²) < 4.78 is 0. The summed E-state index contributed by atoms with van der Waals surface area (Å²) in [6, 6.07) is 5.62. The van der Waals surface area contributed by atoms with Crippen LogP contribution >= 0.6 is 0 Å². The second kappa shape index (κ2) is 5.64. The fraction of sp³-hybridized carbons (Fsp3) is 0.500. The average molecular weight is 317 g/mol. The predicted molar refractivity (Wildman–Crippen MR) is 82.5 cm³/mol. The molecule has 3 rings (SSSR count). The van der Waals surface area contributed by atoms with Crippen LogP contribution in [0.1, 0.15) is 38.2 Å². The quantitative estimate of drug-likeness (QED) is 0.527. The molecular weight excluding hydrogens is 298 g/mol. The number of nitrogens with one attached hydrogen (secondary N) is 1. The summed E-state index contributed by atoms with van der Waals surface area (Å²) in [5, 5.41) is 13.7. The number of hydrogen-bond donors (Lipinski definition) is 1. The van der Waals surface area contributed by atoms with Crippen molar-refractivity contribution in [2.75, 3.05) is 0 Å². The maximum absolute atomic E-state index is 12.8. The lowest BCUT2D eigenvalue weighted by Crippen LogP contribution is -2.53. The maximum atomic E-state index is 12.8. The Balaban J connectivity index is 1.84. The summed E-state index contributed by atoms with van der Waals surface area (Å²) in [6.45, 7) is 2.05. The highest BCUT2D eigenvalue weighted by atomic mass is 16.6. The van der Waals surface area contributed by atoms with E-state index in [2.05, 4.69) is 5.32 Å². The van der Waals surface area contributed by atoms with E-state index in [9.17, 15) is 19.7 Å². The number of nitro groups is 1. The van der Waals surface area contributed by atoms with Gasteiger partial charge in [-0.05, 0) is 24.3 Å². The SMILES string of the molecule is C[C@H]1CCCC[C@]12NC(=O)N(Cc1cccc([N+](=O)[O-])c1)C2=O. The molecule has 0 bridgehead atoms. The van der Waals surface area contributed by atoms with Crippen LogP contribution in [0.15, 0.2) is 24.3 Å². The summed E-state index contributed by atoms with van der Waals surface area (Å²) >= 11 is 0. The van der Waals surface area contributed by atoms with Crippen LogP contribution in [-0.2, 0) is 11.3 Å². The predicted octanol–water partition coefficient (Wildman–Crippen LogP) is 2.60. The van der Waals surface area contributed by atoms with Crippen LogP contribution in [0, 0.1) is 16.0 Å². The van der Waals surface area contributed by atoms with E-state index >= 15 is 0 Å². The molecule has 1 spiro atoms. The number of benzene rings is 1. The summed E-state index contributed by atoms with van der Waals surface area (Å²) in [4.78, 5) is 36.7. The van der Waals surface area contributed by atoms with Gasteiger partial charge in [0.1, 0.15) is 5.54 Å². The van der Waals surface area contributed by atoms with Gasteiger partial charge in [0.15, 0.2) is 0 Å². The van der Waals surface area contributed by atoms with Crippen molar-refractivity contribution in [1.29, 1.82) is 0 Å². The fourth-order valence-electron chi connectivity index (χ4n) is 3.59. The van der Waals surface area contributed by atoms with Crippen LogP contribution in [-0.4, -0.2) is 27.3 Å². The molecule has 2 atom stereocenters. The van der Waals surface area contributed by atoms with Crippen molar-refractivity contribution in [3.8, 4) is 0 Å². The second-order valence-corrected chi connectivity index (χ2v) is 6.37. The number of carbonyl (C=O) groups excluding carboxylic acids is 2. The molecule has 3 amide bonds. The second-order valence-electron chi connectivity index (χ2n) is 6.37. The molecule has 23 heavy (non-hydrogen) atoms. The molecule has 2 aliphatic rings. The van der Waals surface area contributed by atoms with Crippen molar-refractivity contribution in [1.82, 2.24) is 10.2 Å². The van der Waals surface area contributed by atoms with Crippen molar-refractivity contribution in [2.24, 2.45) is 5.92 Å². The number of rotatable bonds is 3. The Morgan fingerprint density at radius 1 is 1.39 bits per heavy atom. The van der Waals surface area contributed by atoms with Gasteiger partial charge in [-0.3, -0.25) is 19.8 Å². The number of amides is 3. The van der Waals surface area contributed by atoms with Gasteiger partial charge in [-0.2, -0.15) is 0 Å². The highest BCUT2D eigenvalue weighted by molar-refractivity contribution is 6.07. The maximum Gasteiger partial charge on any atom is 0.325 e. The van der Waals surface area contributed by atoms with Gasteiger partial charge >= 0.3 is 6.03 Å². The number of hydrogen-bond acceptors (Lipinski definition) is 4. The molecule has 7 heteroatoms. The summed E-state index contributed by atoms with van der Waals surface area (Å²) in [5.41, 5.74) is -0.269. The standard InChI is InChI=1S/C16H19N3O4/c1-11-5-2-3-8-16(11)14(20)18(15(21)17-16)10-12-6-4-7-13(9-12)19(22)23/h4,6-7,9,11H,2-3,5,8,10H2,1H3,(H,17,21)/t11-,16-/m0/s1. The van der Waals surface area contributed by atoms with E-state index < -0.39 is 16.5 Å². The van der Waals surface area contributed by atoms with Crippen molar-refractivity contribution in [3.63, 3.8) is 0 Å². The van der Waals surface area contributed by atoms with Gasteiger partial charge in [0.05, 0.1) is 11.5 Å². The average Bonchev–Trinajstić information content (AvgIpc) is 2.76. The first-order valence-electron chi connectivity index (χ1n) is 7.81. The number of nitrogens with zero attached hydrogens (tertiary/aromatic N) is 2. The first-order valence-corrected chi connectivity index (χ1v) is 7.81. The van der Waals surface area contributed by atoms with Crippen LogP contribution in [0.2, 0.25) is 0 Å². The van der Waals surface area contributed by atoms with E-state index in [1.807, 2.05) is 6.92 Å². The van der Waals surface area contributed by atoms with Gasteiger partial charge in [0.25, 0.3) is 11.6 Å². The minimum absolute atomic E-state index is 0.0460. The fourth-order valence-corrected chi connectivity index (χ4v) is 3.59. The first kappa shape index (κ1) is 15.5. The minimum atomic E-state index is -0.796. The number of non-ortho nitro benzene ring substituents is 1. The number of imide groups is 1. The molecule has 7 nitrogen and oxygen atoms in total. The van der Waals surface area contributed by atoms with Gasteiger partial charge in [-0.1, -0.05) is 31.9 Å². The minimum Gasteiger partial charge on any atom is -0.323 e. The van der Waals surface area contributed by atoms with Crippen LogP contribution in [0.25, 0.3) is 0 Å². The Hall–Kier alpha value is -2.44. The molecule has 1 aliphatic carbocycles. The van der Waals surface area contributed by atoms with E-state index in [0.717, 1.165) is 19.3 Å². The van der Waals surface area contributed by atoms with E-state index in [0.29, 0.717) is 12.0 Å². The van der Waals surface area contributed by atoms with Gasteiger partial charge < -0.3 is 5.32 Å². The number of nitro benzene ring substituents is 1. The molecule has 2 fully saturated rings. The summed E-state index contributed by atoms with van der Waals surface area (Å²) in [7, 11) is 0. The van der Waals surface area contributed by atoms with Crippen LogP contribution in [0.5, 0.6) is 0 Å². The number of urea groups is 1. The van der Waals surface area contributed by atoms with Crippen molar-refractivity contribution < 1.29 is 14.5 Å². The Morgan fingerprint density at radius 2 is 2.17 bits per heavy atom. The highest BCUT2D eigenvalue weighted by Crippen LogP contribution is 2.38. The monoisotopic (exact) mass is 317 g/mol. The molecule has 1 N–H and O–H groups in total. The zero-order valence-electron chi connectivity index (χ0n) is 12.9. The van der Waals surface area contributed by atoms with Crippen molar-refractivity contribution in [2.45, 2.75) is 44.7 Å². The lowest BCUT2D eigenvalue weighted by atomic mass is 9.73. The van der Waals surface area contributed by atoms with Crippen LogP contribution in [0.3, 0.4) is 0 Å². The summed E-state index contributed by atoms with van der Waals surface area (Å²) in [6.07, 6.45) is 3.55. The Kier molecular flexibility index (Phi) is 3.79. The Morgan fingerprint density at radius 3 is 2.87 bits per heavy atom. The van der Waals surface area contributed by atoms with E-state index in [1.54, 1.807) is 12.1 Å². The highest BCUT2D eigenvalue weighted by Gasteiger charge is 2.54. The third-order valence-corrected chi connectivity index (χ3v) is 4.96. The Labute approximate surface area is 133 Å². The third kappa shape index (κ3) is 2.56. The van der Waals surface area contributed by atoms with E-state index in [-0.39, 0.29) is 24.1 Å². The smallest absolute Gasteiger partial charge is 0.323 e. The molecule has 1 saturated heterocycles. The van der Waals surface area contributed by atoms with Gasteiger partial charge in [-0.25, -0.2) is 4.79 Å². The third-order valence-electron chi connectivity index (χ3n) is 4.96. The van der Waals surface area contributed by atoms with Crippen molar-refractivity contribution in [3.05, 3.63) is 39.9 Å². The molecule has 122 valence electrons. The van der Waals surface area contributed by atoms with Gasteiger partial charge in [0, 0.05) is 12.1 Å². The van der Waals surface area contributed by atoms with Crippen LogP contribution < -0.4 is 5.32 Å². The molecule has 1 saturated carbocycles. The van der Waals surface area contributed by atoms with Gasteiger partial charge in [0.2, 0.25) is 0 Å². The molecule has 0 radical (unpaired) electrons. The zero-order valence-corrected chi connectivity index (χ0v) is 12.9.